The number of amides is 2. The quantitative estimate of drug-likeness (QED) is 0.639. The van der Waals surface area contributed by atoms with E-state index in [1.165, 1.54) is 11.8 Å². The number of primary amides is 1. The van der Waals surface area contributed by atoms with Crippen molar-refractivity contribution >= 4 is 40.0 Å². The van der Waals surface area contributed by atoms with Gasteiger partial charge in [-0.2, -0.15) is 0 Å². The van der Waals surface area contributed by atoms with Crippen molar-refractivity contribution in [2.24, 2.45) is 5.73 Å². The van der Waals surface area contributed by atoms with Gasteiger partial charge in [0.25, 0.3) is 0 Å². The van der Waals surface area contributed by atoms with Crippen molar-refractivity contribution in [1.82, 2.24) is 4.90 Å². The Kier molecular flexibility index (Phi) is 4.77. The molecule has 3 N–H and O–H groups in total. The molecule has 0 unspecified atom stereocenters. The molecule has 0 saturated heterocycles. The molecule has 0 saturated carbocycles. The first-order valence-corrected chi connectivity index (χ1v) is 6.19. The number of nitrogens with one attached hydrogen (secondary N) is 1. The fourth-order valence-electron chi connectivity index (χ4n) is 1.14. The first kappa shape index (κ1) is 13.8. The molecule has 6 heteroatoms. The number of benzene rings is 1. The van der Waals surface area contributed by atoms with Crippen LogP contribution in [-0.2, 0) is 0 Å². The Bertz CT molecular complexity index is 446. The number of aryl methyl sites for hydroxylation is 1. The lowest BCUT2D eigenvalue weighted by atomic mass is 10.2. The van der Waals surface area contributed by atoms with E-state index in [9.17, 15) is 4.79 Å². The summed E-state index contributed by atoms with van der Waals surface area (Å²) in [5.74, 6) is 0. The van der Waals surface area contributed by atoms with Gasteiger partial charge in [-0.1, -0.05) is 30.0 Å². The molecule has 0 spiro atoms. The fraction of sp³-hybridized carbons (Fsp3) is 0.273. The summed E-state index contributed by atoms with van der Waals surface area (Å²) in [6.45, 7) is 1.98. The number of anilines is 1. The second-order valence-electron chi connectivity index (χ2n) is 3.75. The number of hydrogen-bond donors (Lipinski definition) is 2. The van der Waals surface area contributed by atoms with Gasteiger partial charge in [-0.3, -0.25) is 0 Å². The minimum absolute atomic E-state index is 0.577. The summed E-state index contributed by atoms with van der Waals surface area (Å²) in [5, 5.41) is 2.58. The minimum Gasteiger partial charge on any atom is -0.363 e. The zero-order valence-corrected chi connectivity index (χ0v) is 11.6. The van der Waals surface area contributed by atoms with Crippen LogP contribution in [0, 0.1) is 6.92 Å². The maximum Gasteiger partial charge on any atom is 0.316 e. The van der Waals surface area contributed by atoms with Crippen LogP contribution in [0.2, 0.25) is 0 Å². The number of thioether (sulfide) groups is 1. The van der Waals surface area contributed by atoms with Gasteiger partial charge in [0, 0.05) is 19.0 Å². The summed E-state index contributed by atoms with van der Waals surface area (Å²) >= 11 is 6.64. The van der Waals surface area contributed by atoms with Crippen molar-refractivity contribution in [3.05, 3.63) is 23.8 Å². The fourth-order valence-corrected chi connectivity index (χ4v) is 2.25. The zero-order chi connectivity index (χ0) is 13.0. The Labute approximate surface area is 111 Å². The summed E-state index contributed by atoms with van der Waals surface area (Å²) in [7, 11) is 3.76. The van der Waals surface area contributed by atoms with Crippen molar-refractivity contribution in [1.29, 1.82) is 0 Å². The summed E-state index contributed by atoms with van der Waals surface area (Å²) in [6.07, 6.45) is 0. The van der Waals surface area contributed by atoms with Gasteiger partial charge in [-0.05, 0) is 24.6 Å². The molecule has 92 valence electrons. The molecule has 0 bridgehead atoms. The van der Waals surface area contributed by atoms with Crippen molar-refractivity contribution in [2.75, 3.05) is 19.4 Å². The molecule has 0 aliphatic carbocycles. The second kappa shape index (κ2) is 5.88. The highest BCUT2D eigenvalue weighted by molar-refractivity contribution is 8.23. The van der Waals surface area contributed by atoms with E-state index in [0.717, 1.165) is 14.8 Å². The molecule has 0 aromatic heterocycles. The van der Waals surface area contributed by atoms with E-state index in [0.29, 0.717) is 5.69 Å². The van der Waals surface area contributed by atoms with Crippen LogP contribution in [0.1, 0.15) is 5.56 Å². The monoisotopic (exact) mass is 269 g/mol. The topological polar surface area (TPSA) is 58.4 Å². The van der Waals surface area contributed by atoms with Crippen molar-refractivity contribution in [3.8, 4) is 0 Å². The third kappa shape index (κ3) is 4.24. The minimum atomic E-state index is -0.577. The van der Waals surface area contributed by atoms with E-state index >= 15 is 0 Å². The van der Waals surface area contributed by atoms with Gasteiger partial charge in [0.2, 0.25) is 0 Å². The zero-order valence-electron chi connectivity index (χ0n) is 9.98. The van der Waals surface area contributed by atoms with Crippen LogP contribution in [0.5, 0.6) is 0 Å². The normalized spacial score (nSPS) is 9.82. The van der Waals surface area contributed by atoms with Gasteiger partial charge in [0.15, 0.2) is 0 Å². The number of nitrogens with two attached hydrogens (primary N) is 1. The van der Waals surface area contributed by atoms with Crippen LogP contribution in [-0.4, -0.2) is 29.3 Å². The number of nitrogens with zero attached hydrogens (tertiary/aromatic N) is 1. The lowest BCUT2D eigenvalue weighted by Gasteiger charge is -2.15. The van der Waals surface area contributed by atoms with Gasteiger partial charge in [0.05, 0.1) is 5.69 Å². The van der Waals surface area contributed by atoms with E-state index in [2.05, 4.69) is 5.32 Å². The number of carbonyl (C=O) groups is 1. The summed E-state index contributed by atoms with van der Waals surface area (Å²) in [4.78, 5) is 13.6. The predicted molar refractivity (Wildman–Crippen MR) is 76.5 cm³/mol. The number of urea groups is 1. The van der Waals surface area contributed by atoms with E-state index in [4.69, 9.17) is 18.0 Å². The van der Waals surface area contributed by atoms with Crippen LogP contribution < -0.4 is 11.1 Å². The number of rotatable bonds is 2. The summed E-state index contributed by atoms with van der Waals surface area (Å²) < 4.78 is 0.725. The molecule has 17 heavy (non-hydrogen) atoms. The van der Waals surface area contributed by atoms with E-state index < -0.39 is 6.03 Å². The summed E-state index contributed by atoms with van der Waals surface area (Å²) in [6, 6.07) is 5.12. The average Bonchev–Trinajstić information content (AvgIpc) is 2.21. The maximum atomic E-state index is 10.9. The second-order valence-corrected chi connectivity index (χ2v) is 5.43. The SMILES string of the molecule is Cc1ccc(NC(N)=O)c(SC(=S)N(C)C)c1. The van der Waals surface area contributed by atoms with Gasteiger partial charge in [-0.25, -0.2) is 4.79 Å². The molecule has 0 atom stereocenters. The van der Waals surface area contributed by atoms with E-state index in [1.54, 1.807) is 0 Å². The molecule has 0 fully saturated rings. The molecule has 0 aliphatic rings. The Morgan fingerprint density at radius 3 is 2.65 bits per heavy atom. The molecule has 1 aromatic rings. The molecule has 2 amide bonds. The first-order chi connectivity index (χ1) is 7.90. The van der Waals surface area contributed by atoms with Gasteiger partial charge in [0.1, 0.15) is 4.32 Å². The smallest absolute Gasteiger partial charge is 0.316 e. The Morgan fingerprint density at radius 2 is 2.12 bits per heavy atom. The molecular weight excluding hydrogens is 254 g/mol. The number of carbonyl (C=O) groups excluding carboxylic acids is 1. The standard InChI is InChI=1S/C11H15N3OS2/c1-7-4-5-8(13-10(12)15)9(6-7)17-11(16)14(2)3/h4-6H,1-3H3,(H3,12,13,15). The number of hydrogen-bond acceptors (Lipinski definition) is 3. The Balaban J connectivity index is 2.98. The molecule has 0 radical (unpaired) electrons. The van der Waals surface area contributed by atoms with Crippen molar-refractivity contribution in [3.63, 3.8) is 0 Å². The molecule has 1 rings (SSSR count). The van der Waals surface area contributed by atoms with Crippen LogP contribution in [0.4, 0.5) is 10.5 Å². The van der Waals surface area contributed by atoms with Crippen molar-refractivity contribution < 1.29 is 4.79 Å². The first-order valence-electron chi connectivity index (χ1n) is 4.96. The van der Waals surface area contributed by atoms with Crippen LogP contribution in [0.15, 0.2) is 23.1 Å². The summed E-state index contributed by atoms with van der Waals surface area (Å²) in [5.41, 5.74) is 6.90. The van der Waals surface area contributed by atoms with Gasteiger partial charge in [-0.15, -0.1) is 0 Å². The third-order valence-electron chi connectivity index (χ3n) is 1.96. The molecule has 1 aromatic carbocycles. The van der Waals surface area contributed by atoms with Crippen LogP contribution >= 0.6 is 24.0 Å². The molecule has 0 heterocycles. The average molecular weight is 269 g/mol. The maximum absolute atomic E-state index is 10.9. The van der Waals surface area contributed by atoms with Crippen LogP contribution in [0.3, 0.4) is 0 Å². The van der Waals surface area contributed by atoms with Gasteiger partial charge < -0.3 is 16.0 Å². The lowest BCUT2D eigenvalue weighted by Crippen LogP contribution is -2.20. The number of thiocarbonyl (C=S) groups is 1. The predicted octanol–water partition coefficient (Wildman–Crippen LogP) is 2.42. The van der Waals surface area contributed by atoms with E-state index in [1.807, 2.05) is 44.1 Å². The molecular formula is C11H15N3OS2. The Hall–Kier alpha value is -1.27. The van der Waals surface area contributed by atoms with Crippen LogP contribution in [0.25, 0.3) is 0 Å². The van der Waals surface area contributed by atoms with E-state index in [-0.39, 0.29) is 0 Å². The molecule has 0 aliphatic heterocycles. The highest BCUT2D eigenvalue weighted by atomic mass is 32.2. The third-order valence-corrected chi connectivity index (χ3v) is 3.67. The largest absolute Gasteiger partial charge is 0.363 e. The highest BCUT2D eigenvalue weighted by Crippen LogP contribution is 2.29. The highest BCUT2D eigenvalue weighted by Gasteiger charge is 2.09. The van der Waals surface area contributed by atoms with Gasteiger partial charge >= 0.3 is 6.03 Å². The van der Waals surface area contributed by atoms with Crippen molar-refractivity contribution in [2.45, 2.75) is 11.8 Å². The lowest BCUT2D eigenvalue weighted by molar-refractivity contribution is 0.259. The Morgan fingerprint density at radius 1 is 1.47 bits per heavy atom. The molecule has 4 nitrogen and oxygen atoms in total.